The van der Waals surface area contributed by atoms with Gasteiger partial charge in [-0.05, 0) is 0 Å². The van der Waals surface area contributed by atoms with E-state index in [9.17, 15) is 10.2 Å². The monoisotopic (exact) mass is 282 g/mol. The summed E-state index contributed by atoms with van der Waals surface area (Å²) in [6, 6.07) is 0. The zero-order valence-electron chi connectivity index (χ0n) is 10.3. The summed E-state index contributed by atoms with van der Waals surface area (Å²) >= 11 is 0. The fourth-order valence-electron chi connectivity index (χ4n) is 2.28. The summed E-state index contributed by atoms with van der Waals surface area (Å²) in [4.78, 5) is 7.83. The number of hydrogen-bond donors (Lipinski definition) is 5. The second-order valence-electron chi connectivity index (χ2n) is 4.52. The zero-order chi connectivity index (χ0) is 14.4. The van der Waals surface area contributed by atoms with Gasteiger partial charge < -0.3 is 31.5 Å². The van der Waals surface area contributed by atoms with Crippen LogP contribution in [0, 0.1) is 0 Å². The molecule has 0 aromatic carbocycles. The molecule has 1 unspecified atom stereocenters. The SMILES string of the molecule is Nc1ncnc2c1c(N)nn2C1O[C@H](CO)[C@@H](O)[C@H]1O. The summed E-state index contributed by atoms with van der Waals surface area (Å²) in [5, 5.41) is 33.2. The third-order valence-electron chi connectivity index (χ3n) is 3.30. The average Bonchev–Trinajstić information content (AvgIpc) is 2.90. The molecule has 0 bridgehead atoms. The molecule has 3 rings (SSSR count). The Kier molecular flexibility index (Phi) is 2.94. The maximum absolute atomic E-state index is 9.99. The van der Waals surface area contributed by atoms with Gasteiger partial charge in [-0.25, -0.2) is 14.6 Å². The van der Waals surface area contributed by atoms with Crippen molar-refractivity contribution in [3.8, 4) is 0 Å². The molecule has 2 aromatic heterocycles. The van der Waals surface area contributed by atoms with Gasteiger partial charge in [-0.1, -0.05) is 0 Å². The minimum Gasteiger partial charge on any atom is -0.394 e. The minimum absolute atomic E-state index is 0.0934. The first-order valence-corrected chi connectivity index (χ1v) is 5.91. The molecule has 0 spiro atoms. The van der Waals surface area contributed by atoms with E-state index in [0.717, 1.165) is 0 Å². The summed E-state index contributed by atoms with van der Waals surface area (Å²) in [7, 11) is 0. The number of rotatable bonds is 2. The molecule has 1 fully saturated rings. The lowest BCUT2D eigenvalue weighted by Gasteiger charge is -2.15. The highest BCUT2D eigenvalue weighted by molar-refractivity contribution is 5.94. The van der Waals surface area contributed by atoms with Gasteiger partial charge in [-0.15, -0.1) is 0 Å². The van der Waals surface area contributed by atoms with Gasteiger partial charge in [0.05, 0.1) is 6.61 Å². The van der Waals surface area contributed by atoms with E-state index in [0.29, 0.717) is 5.39 Å². The van der Waals surface area contributed by atoms with Crippen LogP contribution in [0.4, 0.5) is 11.6 Å². The smallest absolute Gasteiger partial charge is 0.181 e. The lowest BCUT2D eigenvalue weighted by Crippen LogP contribution is -2.33. The van der Waals surface area contributed by atoms with Gasteiger partial charge in [0.2, 0.25) is 0 Å². The number of aromatic nitrogens is 4. The van der Waals surface area contributed by atoms with E-state index in [4.69, 9.17) is 21.3 Å². The fraction of sp³-hybridized carbons (Fsp3) is 0.500. The van der Waals surface area contributed by atoms with Crippen LogP contribution in [0.3, 0.4) is 0 Å². The van der Waals surface area contributed by atoms with Crippen molar-refractivity contribution in [1.29, 1.82) is 0 Å². The molecule has 1 saturated heterocycles. The van der Waals surface area contributed by atoms with Gasteiger partial charge in [0.25, 0.3) is 0 Å². The molecule has 1 aliphatic heterocycles. The Hall–Kier alpha value is -2.01. The van der Waals surface area contributed by atoms with Crippen molar-refractivity contribution >= 4 is 22.7 Å². The molecule has 20 heavy (non-hydrogen) atoms. The standard InChI is InChI=1S/C10H14N6O4/c11-7-4-8(12)15-16(9(4)14-2-13-7)10-6(19)5(18)3(1-17)20-10/h2-3,5-6,10,17-19H,1H2,(H2,12,15)(H2,11,13,14)/t3-,5-,6-,10?/m1/s1. The number of fused-ring (bicyclic) bond motifs is 1. The van der Waals surface area contributed by atoms with E-state index in [1.54, 1.807) is 0 Å². The largest absolute Gasteiger partial charge is 0.394 e. The zero-order valence-corrected chi connectivity index (χ0v) is 10.3. The molecule has 0 radical (unpaired) electrons. The normalized spacial score (nSPS) is 30.1. The molecule has 0 aliphatic carbocycles. The van der Waals surface area contributed by atoms with Crippen LogP contribution in [0.25, 0.3) is 11.0 Å². The molecule has 1 aliphatic rings. The molecule has 10 nitrogen and oxygen atoms in total. The van der Waals surface area contributed by atoms with Gasteiger partial charge in [-0.2, -0.15) is 5.10 Å². The summed E-state index contributed by atoms with van der Waals surface area (Å²) in [5.74, 6) is 0.251. The number of aliphatic hydroxyl groups excluding tert-OH is 3. The summed E-state index contributed by atoms with van der Waals surface area (Å²) < 4.78 is 6.60. The number of nitrogens with zero attached hydrogens (tertiary/aromatic N) is 4. The third-order valence-corrected chi connectivity index (χ3v) is 3.30. The van der Waals surface area contributed by atoms with E-state index >= 15 is 0 Å². The lowest BCUT2D eigenvalue weighted by atomic mass is 10.1. The molecule has 4 atom stereocenters. The maximum atomic E-state index is 9.99. The first kappa shape index (κ1) is 13.0. The highest BCUT2D eigenvalue weighted by atomic mass is 16.6. The number of aliphatic hydroxyl groups is 3. The molecular weight excluding hydrogens is 268 g/mol. The first-order valence-electron chi connectivity index (χ1n) is 5.91. The van der Waals surface area contributed by atoms with Crippen LogP contribution in [-0.2, 0) is 4.74 Å². The average molecular weight is 282 g/mol. The van der Waals surface area contributed by atoms with E-state index < -0.39 is 31.1 Å². The first-order chi connectivity index (χ1) is 9.54. The number of nitrogen functional groups attached to an aromatic ring is 2. The van der Waals surface area contributed by atoms with Crippen LogP contribution in [0.15, 0.2) is 6.33 Å². The molecule has 3 heterocycles. The summed E-state index contributed by atoms with van der Waals surface area (Å²) in [5.41, 5.74) is 11.7. The second-order valence-corrected chi connectivity index (χ2v) is 4.52. The Labute approximate surface area is 112 Å². The highest BCUT2D eigenvalue weighted by Crippen LogP contribution is 2.33. The molecule has 10 heteroatoms. The molecule has 0 amide bonds. The quantitative estimate of drug-likeness (QED) is 0.403. The van der Waals surface area contributed by atoms with Gasteiger partial charge in [-0.3, -0.25) is 0 Å². The van der Waals surface area contributed by atoms with Crippen LogP contribution in [-0.4, -0.2) is 60.0 Å². The van der Waals surface area contributed by atoms with Gasteiger partial charge in [0, 0.05) is 0 Å². The fourth-order valence-corrected chi connectivity index (χ4v) is 2.28. The van der Waals surface area contributed by atoms with Gasteiger partial charge in [0.1, 0.15) is 35.8 Å². The topological polar surface area (TPSA) is 166 Å². The number of hydrogen-bond acceptors (Lipinski definition) is 9. The number of ether oxygens (including phenoxy) is 1. The predicted octanol–water partition coefficient (Wildman–Crippen LogP) is -2.40. The van der Waals surface area contributed by atoms with Crippen molar-refractivity contribution in [3.05, 3.63) is 6.33 Å². The minimum atomic E-state index is -1.27. The van der Waals surface area contributed by atoms with Crippen LogP contribution < -0.4 is 11.5 Å². The van der Waals surface area contributed by atoms with Crippen LogP contribution >= 0.6 is 0 Å². The van der Waals surface area contributed by atoms with Crippen molar-refractivity contribution < 1.29 is 20.1 Å². The van der Waals surface area contributed by atoms with Crippen molar-refractivity contribution in [2.45, 2.75) is 24.5 Å². The maximum Gasteiger partial charge on any atom is 0.181 e. The molecule has 0 saturated carbocycles. The Bertz CT molecular complexity index is 646. The van der Waals surface area contributed by atoms with Crippen LogP contribution in [0.1, 0.15) is 6.23 Å². The number of anilines is 2. The van der Waals surface area contributed by atoms with Crippen LogP contribution in [0.2, 0.25) is 0 Å². The number of nitrogens with two attached hydrogens (primary N) is 2. The van der Waals surface area contributed by atoms with E-state index in [1.165, 1.54) is 11.0 Å². The Morgan fingerprint density at radius 3 is 2.60 bits per heavy atom. The third kappa shape index (κ3) is 1.70. The van der Waals surface area contributed by atoms with E-state index in [2.05, 4.69) is 15.1 Å². The highest BCUT2D eigenvalue weighted by Gasteiger charge is 2.44. The lowest BCUT2D eigenvalue weighted by molar-refractivity contribution is -0.0565. The predicted molar refractivity (Wildman–Crippen MR) is 67.2 cm³/mol. The molecule has 108 valence electrons. The van der Waals surface area contributed by atoms with E-state index in [-0.39, 0.29) is 17.3 Å². The van der Waals surface area contributed by atoms with Gasteiger partial charge in [0.15, 0.2) is 17.7 Å². The summed E-state index contributed by atoms with van der Waals surface area (Å²) in [6.45, 7) is -0.430. The Morgan fingerprint density at radius 2 is 1.95 bits per heavy atom. The molecular formula is C10H14N6O4. The molecule has 7 N–H and O–H groups in total. The Balaban J connectivity index is 2.10. The molecule has 2 aromatic rings. The van der Waals surface area contributed by atoms with Crippen molar-refractivity contribution in [2.24, 2.45) is 0 Å². The van der Waals surface area contributed by atoms with Crippen molar-refractivity contribution in [2.75, 3.05) is 18.1 Å². The second kappa shape index (κ2) is 4.52. The summed E-state index contributed by atoms with van der Waals surface area (Å²) in [6.07, 6.45) is -3.20. The van der Waals surface area contributed by atoms with Crippen molar-refractivity contribution in [3.63, 3.8) is 0 Å². The van der Waals surface area contributed by atoms with E-state index in [1.807, 2.05) is 0 Å². The Morgan fingerprint density at radius 1 is 1.20 bits per heavy atom. The van der Waals surface area contributed by atoms with Crippen LogP contribution in [0.5, 0.6) is 0 Å². The van der Waals surface area contributed by atoms with Crippen molar-refractivity contribution in [1.82, 2.24) is 19.7 Å². The van der Waals surface area contributed by atoms with Gasteiger partial charge >= 0.3 is 0 Å².